The number of rotatable bonds is 4. The highest BCUT2D eigenvalue weighted by Gasteiger charge is 2.04. The molecule has 0 amide bonds. The lowest BCUT2D eigenvalue weighted by molar-refractivity contribution is 0.0690. The van der Waals surface area contributed by atoms with Gasteiger partial charge < -0.3 is 10.4 Å². The second-order valence-corrected chi connectivity index (χ2v) is 3.87. The Hall–Kier alpha value is -2.87. The summed E-state index contributed by atoms with van der Waals surface area (Å²) < 4.78 is 0. The third-order valence-electron chi connectivity index (χ3n) is 2.57. The molecule has 0 fully saturated rings. The molecule has 1 aromatic carbocycles. The number of aromatic carboxylic acids is 1. The molecule has 1 aromatic heterocycles. The van der Waals surface area contributed by atoms with Gasteiger partial charge in [0.15, 0.2) is 0 Å². The second-order valence-electron chi connectivity index (χ2n) is 3.87. The highest BCUT2D eigenvalue weighted by molar-refractivity contribution is 5.85. The van der Waals surface area contributed by atoms with Crippen molar-refractivity contribution in [2.24, 2.45) is 0 Å². The number of nitriles is 1. The molecule has 19 heavy (non-hydrogen) atoms. The first-order valence-corrected chi connectivity index (χ1v) is 5.62. The van der Waals surface area contributed by atoms with E-state index in [1.165, 1.54) is 12.3 Å². The van der Waals surface area contributed by atoms with Crippen molar-refractivity contribution in [2.75, 3.05) is 5.32 Å². The molecule has 0 saturated carbocycles. The zero-order chi connectivity index (χ0) is 13.7. The summed E-state index contributed by atoms with van der Waals surface area (Å²) in [5, 5.41) is 20.8. The van der Waals surface area contributed by atoms with Gasteiger partial charge in [0.1, 0.15) is 11.8 Å². The van der Waals surface area contributed by atoms with Crippen LogP contribution in [0.3, 0.4) is 0 Å². The van der Waals surface area contributed by atoms with E-state index in [-0.39, 0.29) is 5.69 Å². The minimum Gasteiger partial charge on any atom is -0.477 e. The maximum Gasteiger partial charge on any atom is 0.354 e. The van der Waals surface area contributed by atoms with Gasteiger partial charge in [-0.3, -0.25) is 0 Å². The maximum absolute atomic E-state index is 10.7. The summed E-state index contributed by atoms with van der Waals surface area (Å²) in [6, 6.07) is 12.4. The van der Waals surface area contributed by atoms with Gasteiger partial charge in [-0.25, -0.2) is 9.78 Å². The fourth-order valence-corrected chi connectivity index (χ4v) is 1.59. The predicted octanol–water partition coefficient (Wildman–Crippen LogP) is 2.26. The van der Waals surface area contributed by atoms with E-state index < -0.39 is 5.97 Å². The fraction of sp³-hybridized carbons (Fsp3) is 0.0714. The van der Waals surface area contributed by atoms with Crippen molar-refractivity contribution in [1.29, 1.82) is 5.26 Å². The number of benzene rings is 1. The van der Waals surface area contributed by atoms with Crippen LogP contribution < -0.4 is 5.32 Å². The van der Waals surface area contributed by atoms with Crippen LogP contribution >= 0.6 is 0 Å². The molecular weight excluding hydrogens is 242 g/mol. The van der Waals surface area contributed by atoms with Crippen LogP contribution in [0.5, 0.6) is 0 Å². The van der Waals surface area contributed by atoms with Gasteiger partial charge in [0.05, 0.1) is 11.3 Å². The van der Waals surface area contributed by atoms with Gasteiger partial charge in [-0.05, 0) is 23.8 Å². The molecule has 5 nitrogen and oxygen atoms in total. The fourth-order valence-electron chi connectivity index (χ4n) is 1.59. The van der Waals surface area contributed by atoms with Crippen LogP contribution in [0.2, 0.25) is 0 Å². The summed E-state index contributed by atoms with van der Waals surface area (Å²) in [5.41, 5.74) is 2.17. The number of carbonyl (C=O) groups is 1. The smallest absolute Gasteiger partial charge is 0.354 e. The molecular formula is C14H11N3O2. The van der Waals surface area contributed by atoms with Gasteiger partial charge in [0.2, 0.25) is 0 Å². The molecule has 0 atom stereocenters. The average Bonchev–Trinajstić information content (AvgIpc) is 2.45. The summed E-state index contributed by atoms with van der Waals surface area (Å²) in [6.07, 6.45) is 1.51. The highest BCUT2D eigenvalue weighted by atomic mass is 16.4. The number of nitrogens with zero attached hydrogens (tertiary/aromatic N) is 2. The maximum atomic E-state index is 10.7. The summed E-state index contributed by atoms with van der Waals surface area (Å²) in [5.74, 6) is -1.05. The number of aromatic nitrogens is 1. The number of hydrogen-bond acceptors (Lipinski definition) is 4. The van der Waals surface area contributed by atoms with Crippen molar-refractivity contribution >= 4 is 11.7 Å². The standard InChI is InChI=1S/C14H11N3O2/c15-7-11-3-1-2-4-12(11)16-8-10-5-6-13(14(18)19)17-9-10/h1-6,9,16H,8H2,(H,18,19). The van der Waals surface area contributed by atoms with Crippen molar-refractivity contribution in [3.63, 3.8) is 0 Å². The molecule has 2 N–H and O–H groups in total. The molecule has 0 unspecified atom stereocenters. The first-order valence-electron chi connectivity index (χ1n) is 5.62. The van der Waals surface area contributed by atoms with Crippen molar-refractivity contribution in [3.05, 3.63) is 59.4 Å². The van der Waals surface area contributed by atoms with Gasteiger partial charge in [-0.15, -0.1) is 0 Å². The quantitative estimate of drug-likeness (QED) is 0.872. The van der Waals surface area contributed by atoms with Crippen molar-refractivity contribution in [2.45, 2.75) is 6.54 Å². The lowest BCUT2D eigenvalue weighted by Crippen LogP contribution is -2.04. The molecule has 0 aliphatic heterocycles. The molecule has 0 radical (unpaired) electrons. The Morgan fingerprint density at radius 2 is 2.11 bits per heavy atom. The van der Waals surface area contributed by atoms with E-state index in [9.17, 15) is 4.79 Å². The summed E-state index contributed by atoms with van der Waals surface area (Å²) in [4.78, 5) is 14.5. The lowest BCUT2D eigenvalue weighted by Gasteiger charge is -2.07. The van der Waals surface area contributed by atoms with Gasteiger partial charge in [-0.2, -0.15) is 5.26 Å². The number of carboxylic acid groups (broad SMARTS) is 1. The average molecular weight is 253 g/mol. The molecule has 5 heteroatoms. The minimum atomic E-state index is -1.05. The number of hydrogen-bond donors (Lipinski definition) is 2. The van der Waals surface area contributed by atoms with Gasteiger partial charge in [-0.1, -0.05) is 18.2 Å². The molecule has 0 aliphatic carbocycles. The van der Waals surface area contributed by atoms with Crippen LogP contribution in [0, 0.1) is 11.3 Å². The Morgan fingerprint density at radius 1 is 1.32 bits per heavy atom. The number of carboxylic acids is 1. The van der Waals surface area contributed by atoms with E-state index in [0.29, 0.717) is 12.1 Å². The highest BCUT2D eigenvalue weighted by Crippen LogP contribution is 2.14. The Kier molecular flexibility index (Phi) is 3.74. The van der Waals surface area contributed by atoms with E-state index in [1.54, 1.807) is 18.2 Å². The molecule has 0 spiro atoms. The van der Waals surface area contributed by atoms with Gasteiger partial charge >= 0.3 is 5.97 Å². The number of nitrogens with one attached hydrogen (secondary N) is 1. The Balaban J connectivity index is 2.06. The first kappa shape index (κ1) is 12.6. The monoisotopic (exact) mass is 253 g/mol. The topological polar surface area (TPSA) is 86.0 Å². The molecule has 0 bridgehead atoms. The van der Waals surface area contributed by atoms with E-state index in [0.717, 1.165) is 11.3 Å². The van der Waals surface area contributed by atoms with Crippen molar-refractivity contribution < 1.29 is 9.90 Å². The first-order chi connectivity index (χ1) is 9.20. The summed E-state index contributed by atoms with van der Waals surface area (Å²) in [7, 11) is 0. The predicted molar refractivity (Wildman–Crippen MR) is 69.7 cm³/mol. The molecule has 0 saturated heterocycles. The van der Waals surface area contributed by atoms with Crippen LogP contribution in [0.4, 0.5) is 5.69 Å². The summed E-state index contributed by atoms with van der Waals surface area (Å²) >= 11 is 0. The Morgan fingerprint density at radius 3 is 2.74 bits per heavy atom. The van der Waals surface area contributed by atoms with Crippen molar-refractivity contribution in [3.8, 4) is 6.07 Å². The van der Waals surface area contributed by atoms with E-state index in [2.05, 4.69) is 16.4 Å². The number of anilines is 1. The zero-order valence-electron chi connectivity index (χ0n) is 10.00. The normalized spacial score (nSPS) is 9.63. The largest absolute Gasteiger partial charge is 0.477 e. The molecule has 94 valence electrons. The third kappa shape index (κ3) is 3.07. The second kappa shape index (κ2) is 5.65. The number of para-hydroxylation sites is 1. The Labute approximate surface area is 110 Å². The van der Waals surface area contributed by atoms with Crippen LogP contribution in [-0.2, 0) is 6.54 Å². The minimum absolute atomic E-state index is 0.0150. The van der Waals surface area contributed by atoms with E-state index in [4.69, 9.17) is 10.4 Å². The molecule has 1 heterocycles. The van der Waals surface area contributed by atoms with E-state index in [1.807, 2.05) is 12.1 Å². The Bertz CT molecular complexity index is 630. The third-order valence-corrected chi connectivity index (χ3v) is 2.57. The van der Waals surface area contributed by atoms with Gasteiger partial charge in [0.25, 0.3) is 0 Å². The zero-order valence-corrected chi connectivity index (χ0v) is 10.00. The van der Waals surface area contributed by atoms with Gasteiger partial charge in [0, 0.05) is 12.7 Å². The van der Waals surface area contributed by atoms with Crippen LogP contribution in [0.15, 0.2) is 42.6 Å². The summed E-state index contributed by atoms with van der Waals surface area (Å²) in [6.45, 7) is 0.478. The van der Waals surface area contributed by atoms with Crippen LogP contribution in [0.1, 0.15) is 21.6 Å². The molecule has 2 rings (SSSR count). The molecule has 0 aliphatic rings. The SMILES string of the molecule is N#Cc1ccccc1NCc1ccc(C(=O)O)nc1. The molecule has 2 aromatic rings. The van der Waals surface area contributed by atoms with Crippen LogP contribution in [-0.4, -0.2) is 16.1 Å². The van der Waals surface area contributed by atoms with Crippen molar-refractivity contribution in [1.82, 2.24) is 4.98 Å². The lowest BCUT2D eigenvalue weighted by atomic mass is 10.2. The number of pyridine rings is 1. The van der Waals surface area contributed by atoms with Crippen LogP contribution in [0.25, 0.3) is 0 Å². The van der Waals surface area contributed by atoms with E-state index >= 15 is 0 Å².